The molecule has 0 saturated carbocycles. The van der Waals surface area contributed by atoms with Crippen LogP contribution in [0.25, 0.3) is 0 Å². The van der Waals surface area contributed by atoms with E-state index in [0.717, 1.165) is 11.1 Å². The van der Waals surface area contributed by atoms with Crippen LogP contribution in [0.4, 0.5) is 0 Å². The lowest BCUT2D eigenvalue weighted by atomic mass is 10.1. The van der Waals surface area contributed by atoms with Crippen molar-refractivity contribution in [2.24, 2.45) is 5.10 Å². The Bertz CT molecular complexity index is 783. The number of phenols is 1. The third-order valence-corrected chi connectivity index (χ3v) is 4.01. The lowest BCUT2D eigenvalue weighted by molar-refractivity contribution is -0.123. The average molecular weight is 363 g/mol. The number of hydrazone groups is 1. The summed E-state index contributed by atoms with van der Waals surface area (Å²) >= 11 is 6.09. The van der Waals surface area contributed by atoms with Gasteiger partial charge in [0.25, 0.3) is 5.91 Å². The van der Waals surface area contributed by atoms with Crippen LogP contribution in [-0.2, 0) is 4.79 Å². The molecule has 0 unspecified atom stereocenters. The van der Waals surface area contributed by atoms with Crippen molar-refractivity contribution in [1.29, 1.82) is 0 Å². The van der Waals surface area contributed by atoms with Gasteiger partial charge < -0.3 is 14.6 Å². The van der Waals surface area contributed by atoms with E-state index in [1.165, 1.54) is 19.4 Å². The second-order valence-corrected chi connectivity index (χ2v) is 5.76. The fraction of sp³-hybridized carbons (Fsp3) is 0.222. The first-order valence-corrected chi connectivity index (χ1v) is 7.87. The number of carbonyl (C=O) groups excluding carboxylic acids is 1. The lowest BCUT2D eigenvalue weighted by Gasteiger charge is -2.09. The molecule has 0 aliphatic carbocycles. The van der Waals surface area contributed by atoms with E-state index in [-0.39, 0.29) is 12.4 Å². The summed E-state index contributed by atoms with van der Waals surface area (Å²) in [5.74, 6) is 0.669. The Labute approximate surface area is 151 Å². The Morgan fingerprint density at radius 2 is 1.92 bits per heavy atom. The van der Waals surface area contributed by atoms with Crippen molar-refractivity contribution in [2.45, 2.75) is 13.8 Å². The molecule has 6 nitrogen and oxygen atoms in total. The molecule has 0 spiro atoms. The number of methoxy groups -OCH3 is 1. The van der Waals surface area contributed by atoms with Gasteiger partial charge in [0.1, 0.15) is 17.2 Å². The molecule has 132 valence electrons. The van der Waals surface area contributed by atoms with Crippen molar-refractivity contribution in [1.82, 2.24) is 5.43 Å². The maximum Gasteiger partial charge on any atom is 0.277 e. The molecule has 0 saturated heterocycles. The third kappa shape index (κ3) is 5.12. The van der Waals surface area contributed by atoms with Crippen LogP contribution in [0.5, 0.6) is 17.2 Å². The molecule has 2 aromatic rings. The molecular formula is C18H19ClN2O4. The van der Waals surface area contributed by atoms with Crippen LogP contribution in [0.3, 0.4) is 0 Å². The minimum absolute atomic E-state index is 0.000661. The van der Waals surface area contributed by atoms with Gasteiger partial charge in [-0.05, 0) is 49.2 Å². The molecule has 2 aromatic carbocycles. The average Bonchev–Trinajstić information content (AvgIpc) is 2.59. The Hall–Kier alpha value is -2.73. The molecule has 2 N–H and O–H groups in total. The van der Waals surface area contributed by atoms with Crippen molar-refractivity contribution in [3.63, 3.8) is 0 Å². The summed E-state index contributed by atoms with van der Waals surface area (Å²) in [4.78, 5) is 11.8. The number of ether oxygens (including phenoxy) is 2. The fourth-order valence-corrected chi connectivity index (χ4v) is 2.21. The minimum atomic E-state index is -0.422. The van der Waals surface area contributed by atoms with Crippen LogP contribution in [0, 0.1) is 13.8 Å². The smallest absolute Gasteiger partial charge is 0.277 e. The highest BCUT2D eigenvalue weighted by Gasteiger charge is 2.06. The summed E-state index contributed by atoms with van der Waals surface area (Å²) in [7, 11) is 1.51. The predicted molar refractivity (Wildman–Crippen MR) is 96.8 cm³/mol. The van der Waals surface area contributed by atoms with Gasteiger partial charge in [-0.2, -0.15) is 5.10 Å². The predicted octanol–water partition coefficient (Wildman–Crippen LogP) is 3.20. The molecule has 0 bridgehead atoms. The number of hydrogen-bond donors (Lipinski definition) is 2. The summed E-state index contributed by atoms with van der Waals surface area (Å²) in [5, 5.41) is 14.3. The van der Waals surface area contributed by atoms with Gasteiger partial charge in [-0.1, -0.05) is 11.6 Å². The summed E-state index contributed by atoms with van der Waals surface area (Å²) in [6.07, 6.45) is 1.34. The normalized spacial score (nSPS) is 10.7. The first kappa shape index (κ1) is 18.6. The zero-order valence-corrected chi connectivity index (χ0v) is 14.9. The van der Waals surface area contributed by atoms with Gasteiger partial charge in [-0.25, -0.2) is 5.43 Å². The first-order chi connectivity index (χ1) is 11.9. The highest BCUT2D eigenvalue weighted by Crippen LogP contribution is 2.25. The highest BCUT2D eigenvalue weighted by molar-refractivity contribution is 6.32. The minimum Gasteiger partial charge on any atom is -0.507 e. The van der Waals surface area contributed by atoms with Gasteiger partial charge >= 0.3 is 0 Å². The molecule has 2 rings (SSSR count). The number of nitrogens with zero attached hydrogens (tertiary/aromatic N) is 1. The molecular weight excluding hydrogens is 344 g/mol. The molecule has 7 heteroatoms. The van der Waals surface area contributed by atoms with Gasteiger partial charge in [0.2, 0.25) is 0 Å². The summed E-state index contributed by atoms with van der Waals surface area (Å²) in [5.41, 5.74) is 4.54. The van der Waals surface area contributed by atoms with E-state index in [0.29, 0.717) is 22.1 Å². The molecule has 0 aliphatic heterocycles. The summed E-state index contributed by atoms with van der Waals surface area (Å²) in [6, 6.07) is 8.29. The fourth-order valence-electron chi connectivity index (χ4n) is 2.10. The number of rotatable bonds is 6. The van der Waals surface area contributed by atoms with Crippen molar-refractivity contribution in [3.8, 4) is 17.2 Å². The summed E-state index contributed by atoms with van der Waals surface area (Å²) < 4.78 is 10.4. The topological polar surface area (TPSA) is 80.2 Å². The second kappa shape index (κ2) is 8.39. The number of carbonyl (C=O) groups is 1. The molecule has 1 amide bonds. The van der Waals surface area contributed by atoms with E-state index in [4.69, 9.17) is 21.1 Å². The van der Waals surface area contributed by atoms with E-state index in [2.05, 4.69) is 10.5 Å². The largest absolute Gasteiger partial charge is 0.507 e. The Morgan fingerprint density at radius 1 is 1.24 bits per heavy atom. The summed E-state index contributed by atoms with van der Waals surface area (Å²) in [6.45, 7) is 3.55. The molecule has 25 heavy (non-hydrogen) atoms. The highest BCUT2D eigenvalue weighted by atomic mass is 35.5. The van der Waals surface area contributed by atoms with Crippen LogP contribution in [-0.4, -0.2) is 30.9 Å². The van der Waals surface area contributed by atoms with Crippen LogP contribution in [0.15, 0.2) is 35.4 Å². The number of halogens is 1. The number of phenolic OH excluding ortho intramolecular Hbond substituents is 1. The Kier molecular flexibility index (Phi) is 6.25. The van der Waals surface area contributed by atoms with E-state index in [9.17, 15) is 9.90 Å². The quantitative estimate of drug-likeness (QED) is 0.611. The van der Waals surface area contributed by atoms with Crippen LogP contribution < -0.4 is 14.9 Å². The number of aryl methyl sites for hydroxylation is 2. The number of amides is 1. The van der Waals surface area contributed by atoms with Crippen molar-refractivity contribution in [2.75, 3.05) is 13.7 Å². The first-order valence-electron chi connectivity index (χ1n) is 7.49. The zero-order chi connectivity index (χ0) is 18.4. The molecule has 0 aromatic heterocycles. The molecule has 0 aliphatic rings. The molecule has 0 heterocycles. The van der Waals surface area contributed by atoms with Gasteiger partial charge in [0, 0.05) is 16.7 Å². The van der Waals surface area contributed by atoms with Gasteiger partial charge in [0.05, 0.1) is 13.3 Å². The number of benzene rings is 2. The number of hydrogen-bond acceptors (Lipinski definition) is 5. The Balaban J connectivity index is 1.88. The van der Waals surface area contributed by atoms with E-state index < -0.39 is 5.91 Å². The van der Waals surface area contributed by atoms with Gasteiger partial charge in [0.15, 0.2) is 6.61 Å². The molecule has 0 fully saturated rings. The van der Waals surface area contributed by atoms with Crippen LogP contribution in [0.2, 0.25) is 5.02 Å². The SMILES string of the molecule is COc1ccc(/C=N/NC(=O)COc2cc(C)c(Cl)c(C)c2)c(O)c1. The number of nitrogens with one attached hydrogen (secondary N) is 1. The van der Waals surface area contributed by atoms with Crippen LogP contribution in [0.1, 0.15) is 16.7 Å². The maximum absolute atomic E-state index is 11.8. The third-order valence-electron chi connectivity index (χ3n) is 3.41. The van der Waals surface area contributed by atoms with Crippen molar-refractivity contribution in [3.05, 3.63) is 52.0 Å². The lowest BCUT2D eigenvalue weighted by Crippen LogP contribution is -2.24. The van der Waals surface area contributed by atoms with Crippen molar-refractivity contribution < 1.29 is 19.4 Å². The standard InChI is InChI=1S/C18H19ClN2O4/c1-11-6-15(7-12(2)18(11)19)25-10-17(23)21-20-9-13-4-5-14(24-3)8-16(13)22/h4-9,22H,10H2,1-3H3,(H,21,23)/b20-9+. The molecule has 0 atom stereocenters. The molecule has 0 radical (unpaired) electrons. The van der Waals surface area contributed by atoms with E-state index in [1.54, 1.807) is 24.3 Å². The van der Waals surface area contributed by atoms with Crippen molar-refractivity contribution >= 4 is 23.7 Å². The van der Waals surface area contributed by atoms with Gasteiger partial charge in [-0.3, -0.25) is 4.79 Å². The monoisotopic (exact) mass is 362 g/mol. The Morgan fingerprint density at radius 3 is 2.52 bits per heavy atom. The van der Waals surface area contributed by atoms with Gasteiger partial charge in [-0.15, -0.1) is 0 Å². The van der Waals surface area contributed by atoms with Crippen LogP contribution >= 0.6 is 11.6 Å². The number of aromatic hydroxyl groups is 1. The zero-order valence-electron chi connectivity index (χ0n) is 14.2. The second-order valence-electron chi connectivity index (χ2n) is 5.38. The van der Waals surface area contributed by atoms with E-state index in [1.807, 2.05) is 13.8 Å². The van der Waals surface area contributed by atoms with E-state index >= 15 is 0 Å². The maximum atomic E-state index is 11.8.